The maximum atomic E-state index is 11.5. The van der Waals surface area contributed by atoms with Crippen molar-refractivity contribution >= 4 is 11.9 Å². The van der Waals surface area contributed by atoms with Crippen LogP contribution in [-0.2, 0) is 19.1 Å². The molecule has 0 bridgehead atoms. The standard InChI is InChI=1S/C18H30O4/c1-5-9-10-11-12-13-14-15-18(8-4,21-16(19)6-2)22-17(20)7-3/h6-7H,2-3,5,8-15H2,1,4H3. The number of ether oxygens (including phenoxy) is 2. The molecule has 0 rings (SSSR count). The van der Waals surface area contributed by atoms with Gasteiger partial charge in [0.1, 0.15) is 0 Å². The molecule has 0 saturated carbocycles. The first-order valence-electron chi connectivity index (χ1n) is 8.24. The first kappa shape index (κ1) is 20.4. The fourth-order valence-corrected chi connectivity index (χ4v) is 2.25. The van der Waals surface area contributed by atoms with Gasteiger partial charge in [0.25, 0.3) is 5.79 Å². The molecule has 0 atom stereocenters. The number of carbonyl (C=O) groups is 2. The smallest absolute Gasteiger partial charge is 0.333 e. The predicted molar refractivity (Wildman–Crippen MR) is 88.2 cm³/mol. The van der Waals surface area contributed by atoms with E-state index in [0.717, 1.165) is 31.4 Å². The summed E-state index contributed by atoms with van der Waals surface area (Å²) in [6.45, 7) is 10.8. The summed E-state index contributed by atoms with van der Waals surface area (Å²) in [7, 11) is 0. The molecule has 0 aromatic carbocycles. The second kappa shape index (κ2) is 12.0. The van der Waals surface area contributed by atoms with Crippen LogP contribution in [0.3, 0.4) is 0 Å². The van der Waals surface area contributed by atoms with Crippen LogP contribution in [0.25, 0.3) is 0 Å². The molecule has 0 saturated heterocycles. The van der Waals surface area contributed by atoms with Gasteiger partial charge in [-0.1, -0.05) is 65.5 Å². The molecule has 0 aromatic heterocycles. The summed E-state index contributed by atoms with van der Waals surface area (Å²) in [5, 5.41) is 0. The van der Waals surface area contributed by atoms with Gasteiger partial charge in [-0.15, -0.1) is 0 Å². The first-order chi connectivity index (χ1) is 10.5. The largest absolute Gasteiger partial charge is 0.419 e. The molecule has 0 spiro atoms. The zero-order chi connectivity index (χ0) is 16.8. The van der Waals surface area contributed by atoms with E-state index in [4.69, 9.17) is 9.47 Å². The average Bonchev–Trinajstić information content (AvgIpc) is 2.53. The van der Waals surface area contributed by atoms with E-state index in [1.165, 1.54) is 25.7 Å². The third kappa shape index (κ3) is 8.65. The molecule has 22 heavy (non-hydrogen) atoms. The highest BCUT2D eigenvalue weighted by molar-refractivity contribution is 5.83. The Morgan fingerprint density at radius 1 is 0.864 bits per heavy atom. The summed E-state index contributed by atoms with van der Waals surface area (Å²) in [5.74, 6) is -2.37. The number of hydrogen-bond donors (Lipinski definition) is 0. The van der Waals surface area contributed by atoms with Crippen molar-refractivity contribution in [1.82, 2.24) is 0 Å². The Kier molecular flexibility index (Phi) is 11.2. The number of hydrogen-bond acceptors (Lipinski definition) is 4. The van der Waals surface area contributed by atoms with Crippen molar-refractivity contribution in [3.05, 3.63) is 25.3 Å². The summed E-state index contributed by atoms with van der Waals surface area (Å²) >= 11 is 0. The maximum Gasteiger partial charge on any atom is 0.333 e. The minimum absolute atomic E-state index is 0.405. The van der Waals surface area contributed by atoms with Crippen molar-refractivity contribution in [3.8, 4) is 0 Å². The molecule has 0 aromatic rings. The molecule has 0 aliphatic carbocycles. The molecular formula is C18H30O4. The zero-order valence-electron chi connectivity index (χ0n) is 14.1. The minimum atomic E-state index is -1.21. The molecule has 0 N–H and O–H groups in total. The molecule has 4 heteroatoms. The SMILES string of the molecule is C=CC(=O)OC(CC)(CCCCCCCCC)OC(=O)C=C. The van der Waals surface area contributed by atoms with Crippen LogP contribution in [0.15, 0.2) is 25.3 Å². The predicted octanol–water partition coefficient (Wildman–Crippen LogP) is 4.69. The van der Waals surface area contributed by atoms with Crippen LogP contribution in [0.2, 0.25) is 0 Å². The van der Waals surface area contributed by atoms with Crippen molar-refractivity contribution < 1.29 is 19.1 Å². The van der Waals surface area contributed by atoms with E-state index in [9.17, 15) is 9.59 Å². The van der Waals surface area contributed by atoms with Gasteiger partial charge in [0.2, 0.25) is 0 Å². The lowest BCUT2D eigenvalue weighted by Crippen LogP contribution is -2.39. The second-order valence-corrected chi connectivity index (χ2v) is 5.39. The average molecular weight is 310 g/mol. The number of esters is 2. The van der Waals surface area contributed by atoms with E-state index in [0.29, 0.717) is 12.8 Å². The van der Waals surface area contributed by atoms with Crippen molar-refractivity contribution in [3.63, 3.8) is 0 Å². The van der Waals surface area contributed by atoms with E-state index in [1.54, 1.807) is 0 Å². The first-order valence-corrected chi connectivity index (χ1v) is 8.24. The van der Waals surface area contributed by atoms with Crippen LogP contribution in [-0.4, -0.2) is 17.7 Å². The molecule has 4 nitrogen and oxygen atoms in total. The van der Waals surface area contributed by atoms with Crippen molar-refractivity contribution in [2.45, 2.75) is 77.4 Å². The van der Waals surface area contributed by atoms with E-state index in [1.807, 2.05) is 6.92 Å². The summed E-state index contributed by atoms with van der Waals surface area (Å²) < 4.78 is 10.6. The van der Waals surface area contributed by atoms with Gasteiger partial charge in [0, 0.05) is 25.0 Å². The molecule has 0 fully saturated rings. The van der Waals surface area contributed by atoms with Crippen LogP contribution in [0.4, 0.5) is 0 Å². The molecule has 0 amide bonds. The van der Waals surface area contributed by atoms with Gasteiger partial charge in [-0.3, -0.25) is 0 Å². The summed E-state index contributed by atoms with van der Waals surface area (Å²) in [6.07, 6.45) is 11.0. The van der Waals surface area contributed by atoms with Crippen LogP contribution in [0.5, 0.6) is 0 Å². The normalized spacial score (nSPS) is 10.8. The fraction of sp³-hybridized carbons (Fsp3) is 0.667. The van der Waals surface area contributed by atoms with Gasteiger partial charge in [-0.2, -0.15) is 0 Å². The number of carbonyl (C=O) groups excluding carboxylic acids is 2. The highest BCUT2D eigenvalue weighted by atomic mass is 16.7. The van der Waals surface area contributed by atoms with Gasteiger partial charge in [-0.05, 0) is 6.42 Å². The van der Waals surface area contributed by atoms with Crippen LogP contribution in [0.1, 0.15) is 71.6 Å². The van der Waals surface area contributed by atoms with E-state index < -0.39 is 17.7 Å². The van der Waals surface area contributed by atoms with Gasteiger partial charge in [-0.25, -0.2) is 9.59 Å². The van der Waals surface area contributed by atoms with Gasteiger partial charge < -0.3 is 9.47 Å². The lowest BCUT2D eigenvalue weighted by atomic mass is 10.0. The third-order valence-electron chi connectivity index (χ3n) is 3.61. The van der Waals surface area contributed by atoms with Crippen molar-refractivity contribution in [2.24, 2.45) is 0 Å². The molecular weight excluding hydrogens is 280 g/mol. The molecule has 0 heterocycles. The number of unbranched alkanes of at least 4 members (excludes halogenated alkanes) is 6. The third-order valence-corrected chi connectivity index (χ3v) is 3.61. The lowest BCUT2D eigenvalue weighted by molar-refractivity contribution is -0.226. The van der Waals surface area contributed by atoms with Crippen molar-refractivity contribution in [1.29, 1.82) is 0 Å². The monoisotopic (exact) mass is 310 g/mol. The Bertz CT molecular complexity index is 338. The molecule has 0 unspecified atom stereocenters. The Labute approximate surface area is 134 Å². The van der Waals surface area contributed by atoms with Crippen LogP contribution < -0.4 is 0 Å². The van der Waals surface area contributed by atoms with Crippen LogP contribution in [0, 0.1) is 0 Å². The Hall–Kier alpha value is -1.58. The Balaban J connectivity index is 4.44. The van der Waals surface area contributed by atoms with Gasteiger partial charge >= 0.3 is 11.9 Å². The quantitative estimate of drug-likeness (QED) is 0.214. The van der Waals surface area contributed by atoms with Gasteiger partial charge in [0.15, 0.2) is 0 Å². The summed E-state index contributed by atoms with van der Waals surface area (Å²) in [6, 6.07) is 0. The van der Waals surface area contributed by atoms with E-state index >= 15 is 0 Å². The molecule has 0 aliphatic rings. The topological polar surface area (TPSA) is 52.6 Å². The molecule has 126 valence electrons. The van der Waals surface area contributed by atoms with E-state index in [2.05, 4.69) is 20.1 Å². The fourth-order valence-electron chi connectivity index (χ4n) is 2.25. The minimum Gasteiger partial charge on any atom is -0.419 e. The van der Waals surface area contributed by atoms with Crippen LogP contribution >= 0.6 is 0 Å². The number of rotatable bonds is 13. The molecule has 0 aliphatic heterocycles. The summed E-state index contributed by atoms with van der Waals surface area (Å²) in [5.41, 5.74) is 0. The highest BCUT2D eigenvalue weighted by Crippen LogP contribution is 2.27. The second-order valence-electron chi connectivity index (χ2n) is 5.39. The summed E-state index contributed by atoms with van der Waals surface area (Å²) in [4.78, 5) is 23.0. The van der Waals surface area contributed by atoms with E-state index in [-0.39, 0.29) is 0 Å². The van der Waals surface area contributed by atoms with Crippen molar-refractivity contribution in [2.75, 3.05) is 0 Å². The van der Waals surface area contributed by atoms with Gasteiger partial charge in [0.05, 0.1) is 0 Å². The maximum absolute atomic E-state index is 11.5. The molecule has 0 radical (unpaired) electrons. The highest BCUT2D eigenvalue weighted by Gasteiger charge is 2.35. The zero-order valence-corrected chi connectivity index (χ0v) is 14.1. The Morgan fingerprint density at radius 3 is 1.73 bits per heavy atom. The lowest BCUT2D eigenvalue weighted by Gasteiger charge is -2.31. The Morgan fingerprint density at radius 2 is 1.32 bits per heavy atom.